The maximum Gasteiger partial charge on any atom is 0.422 e. The van der Waals surface area contributed by atoms with Crippen LogP contribution < -0.4 is 16.7 Å². The molecule has 0 bridgehead atoms. The fourth-order valence-electron chi connectivity index (χ4n) is 1.73. The standard InChI is InChI=1S/C12H11FN2O4/c1-2-14-10(16)6-15-9-5-7(13)3-4-8(9)11(17)19-12(15)18/h3-5H,2,6H2,1H3,(H,14,16). The lowest BCUT2D eigenvalue weighted by Gasteiger charge is -2.08. The lowest BCUT2D eigenvalue weighted by atomic mass is 10.2. The van der Waals surface area contributed by atoms with Crippen LogP contribution in [0.4, 0.5) is 4.39 Å². The summed E-state index contributed by atoms with van der Waals surface area (Å²) in [5.74, 6) is -2.03. The number of amides is 1. The van der Waals surface area contributed by atoms with Gasteiger partial charge in [0.2, 0.25) is 5.91 Å². The molecular weight excluding hydrogens is 255 g/mol. The summed E-state index contributed by atoms with van der Waals surface area (Å²) in [5, 5.41) is 2.55. The molecule has 1 aromatic carbocycles. The average Bonchev–Trinajstić information content (AvgIpc) is 2.34. The van der Waals surface area contributed by atoms with E-state index in [9.17, 15) is 18.8 Å². The zero-order chi connectivity index (χ0) is 14.0. The van der Waals surface area contributed by atoms with Crippen molar-refractivity contribution >= 4 is 16.8 Å². The van der Waals surface area contributed by atoms with Crippen molar-refractivity contribution in [1.82, 2.24) is 9.88 Å². The summed E-state index contributed by atoms with van der Waals surface area (Å²) in [5.41, 5.74) is -0.820. The van der Waals surface area contributed by atoms with E-state index in [-0.39, 0.29) is 17.4 Å². The first-order valence-corrected chi connectivity index (χ1v) is 5.63. The number of likely N-dealkylation sites (N-methyl/N-ethyl adjacent to an activating group) is 1. The average molecular weight is 266 g/mol. The summed E-state index contributed by atoms with van der Waals surface area (Å²) in [4.78, 5) is 34.6. The molecule has 100 valence electrons. The SMILES string of the molecule is CCNC(=O)Cn1c(=O)oc(=O)c2ccc(F)cc21. The Balaban J connectivity index is 2.65. The van der Waals surface area contributed by atoms with Crippen LogP contribution in [-0.2, 0) is 11.3 Å². The monoisotopic (exact) mass is 266 g/mol. The van der Waals surface area contributed by atoms with Crippen LogP contribution in [0.5, 0.6) is 0 Å². The summed E-state index contributed by atoms with van der Waals surface area (Å²) >= 11 is 0. The van der Waals surface area contributed by atoms with Crippen LogP contribution in [0.3, 0.4) is 0 Å². The molecule has 1 aromatic heterocycles. The number of carbonyl (C=O) groups is 1. The molecule has 0 fully saturated rings. The topological polar surface area (TPSA) is 81.3 Å². The Labute approximate surface area is 106 Å². The Morgan fingerprint density at radius 2 is 2.16 bits per heavy atom. The second-order valence-corrected chi connectivity index (χ2v) is 3.86. The molecule has 0 unspecified atom stereocenters. The van der Waals surface area contributed by atoms with Gasteiger partial charge in [0, 0.05) is 6.54 Å². The first kappa shape index (κ1) is 13.0. The van der Waals surface area contributed by atoms with Gasteiger partial charge in [0.25, 0.3) is 0 Å². The third-order valence-electron chi connectivity index (χ3n) is 2.55. The minimum atomic E-state index is -0.991. The van der Waals surface area contributed by atoms with Crippen molar-refractivity contribution in [2.45, 2.75) is 13.5 Å². The summed E-state index contributed by atoms with van der Waals surface area (Å²) in [6, 6.07) is 3.32. The molecule has 0 radical (unpaired) electrons. The van der Waals surface area contributed by atoms with E-state index in [1.165, 1.54) is 6.07 Å². The van der Waals surface area contributed by atoms with Gasteiger partial charge in [-0.2, -0.15) is 0 Å². The largest absolute Gasteiger partial charge is 0.422 e. The fourth-order valence-corrected chi connectivity index (χ4v) is 1.73. The number of halogens is 1. The second kappa shape index (κ2) is 5.05. The number of aromatic nitrogens is 1. The third-order valence-corrected chi connectivity index (χ3v) is 2.55. The highest BCUT2D eigenvalue weighted by Gasteiger charge is 2.12. The van der Waals surface area contributed by atoms with Gasteiger partial charge in [-0.15, -0.1) is 0 Å². The van der Waals surface area contributed by atoms with E-state index in [2.05, 4.69) is 9.73 Å². The lowest BCUT2D eigenvalue weighted by Crippen LogP contribution is -2.33. The van der Waals surface area contributed by atoms with Crippen molar-refractivity contribution < 1.29 is 13.6 Å². The predicted octanol–water partition coefficient (Wildman–Crippen LogP) is 0.230. The van der Waals surface area contributed by atoms with Gasteiger partial charge in [-0.05, 0) is 25.1 Å². The van der Waals surface area contributed by atoms with Crippen LogP contribution in [0, 0.1) is 5.82 Å². The molecule has 0 spiro atoms. The number of nitrogens with zero attached hydrogens (tertiary/aromatic N) is 1. The highest BCUT2D eigenvalue weighted by molar-refractivity contribution is 5.81. The van der Waals surface area contributed by atoms with Gasteiger partial charge < -0.3 is 9.73 Å². The highest BCUT2D eigenvalue weighted by atomic mass is 19.1. The van der Waals surface area contributed by atoms with Crippen LogP contribution in [0.15, 0.2) is 32.2 Å². The summed E-state index contributed by atoms with van der Waals surface area (Å²) in [6.07, 6.45) is 0. The molecule has 0 aliphatic heterocycles. The molecule has 0 saturated carbocycles. The summed E-state index contributed by atoms with van der Waals surface area (Å²) in [7, 11) is 0. The lowest BCUT2D eigenvalue weighted by molar-refractivity contribution is -0.121. The Bertz CT molecular complexity index is 747. The van der Waals surface area contributed by atoms with Crippen LogP contribution in [0.2, 0.25) is 0 Å². The summed E-state index contributed by atoms with van der Waals surface area (Å²) in [6.45, 7) is 1.79. The van der Waals surface area contributed by atoms with E-state index in [1.54, 1.807) is 6.92 Å². The maximum absolute atomic E-state index is 13.2. The molecule has 0 aliphatic carbocycles. The van der Waals surface area contributed by atoms with E-state index in [4.69, 9.17) is 0 Å². The van der Waals surface area contributed by atoms with E-state index in [0.29, 0.717) is 6.54 Å². The maximum atomic E-state index is 13.2. The van der Waals surface area contributed by atoms with Crippen LogP contribution in [-0.4, -0.2) is 17.0 Å². The molecule has 2 rings (SSSR count). The molecular formula is C12H11FN2O4. The Kier molecular flexibility index (Phi) is 3.46. The fraction of sp³-hybridized carbons (Fsp3) is 0.250. The van der Waals surface area contributed by atoms with Gasteiger partial charge in [-0.25, -0.2) is 14.0 Å². The molecule has 1 heterocycles. The number of fused-ring (bicyclic) bond motifs is 1. The minimum absolute atomic E-state index is 0.0347. The van der Waals surface area contributed by atoms with Crippen molar-refractivity contribution in [3.63, 3.8) is 0 Å². The number of hydrogen-bond donors (Lipinski definition) is 1. The van der Waals surface area contributed by atoms with Gasteiger partial charge in [0.1, 0.15) is 12.4 Å². The number of carbonyl (C=O) groups excluding carboxylic acids is 1. The normalized spacial score (nSPS) is 10.6. The molecule has 19 heavy (non-hydrogen) atoms. The molecule has 6 nitrogen and oxygen atoms in total. The predicted molar refractivity (Wildman–Crippen MR) is 65.4 cm³/mol. The molecule has 0 aliphatic rings. The quantitative estimate of drug-likeness (QED) is 0.862. The minimum Gasteiger partial charge on any atom is -0.372 e. The van der Waals surface area contributed by atoms with E-state index >= 15 is 0 Å². The van der Waals surface area contributed by atoms with Crippen molar-refractivity contribution in [2.75, 3.05) is 6.54 Å². The van der Waals surface area contributed by atoms with E-state index in [1.807, 2.05) is 0 Å². The molecule has 1 amide bonds. The summed E-state index contributed by atoms with van der Waals surface area (Å²) < 4.78 is 18.6. The number of rotatable bonds is 3. The van der Waals surface area contributed by atoms with Gasteiger partial charge in [-0.3, -0.25) is 9.36 Å². The Morgan fingerprint density at radius 1 is 1.42 bits per heavy atom. The van der Waals surface area contributed by atoms with Gasteiger partial charge >= 0.3 is 11.4 Å². The molecule has 1 N–H and O–H groups in total. The van der Waals surface area contributed by atoms with Crippen molar-refractivity contribution in [1.29, 1.82) is 0 Å². The van der Waals surface area contributed by atoms with Crippen molar-refractivity contribution in [2.24, 2.45) is 0 Å². The number of nitrogens with one attached hydrogen (secondary N) is 1. The van der Waals surface area contributed by atoms with Gasteiger partial charge in [-0.1, -0.05) is 0 Å². The Hall–Kier alpha value is -2.44. The van der Waals surface area contributed by atoms with Crippen LogP contribution in [0.25, 0.3) is 10.9 Å². The van der Waals surface area contributed by atoms with Crippen LogP contribution >= 0.6 is 0 Å². The number of benzene rings is 1. The first-order valence-electron chi connectivity index (χ1n) is 5.63. The van der Waals surface area contributed by atoms with Crippen molar-refractivity contribution in [3.05, 3.63) is 45.0 Å². The van der Waals surface area contributed by atoms with Crippen molar-refractivity contribution in [3.8, 4) is 0 Å². The van der Waals surface area contributed by atoms with Gasteiger partial charge in [0.15, 0.2) is 0 Å². The molecule has 2 aromatic rings. The smallest absolute Gasteiger partial charge is 0.372 e. The first-order chi connectivity index (χ1) is 9.02. The Morgan fingerprint density at radius 3 is 2.84 bits per heavy atom. The zero-order valence-corrected chi connectivity index (χ0v) is 10.1. The highest BCUT2D eigenvalue weighted by Crippen LogP contribution is 2.10. The zero-order valence-electron chi connectivity index (χ0n) is 10.1. The second-order valence-electron chi connectivity index (χ2n) is 3.86. The van der Waals surface area contributed by atoms with E-state index < -0.39 is 23.1 Å². The molecule has 0 atom stereocenters. The molecule has 7 heteroatoms. The molecule has 0 saturated heterocycles. The van der Waals surface area contributed by atoms with Gasteiger partial charge in [0.05, 0.1) is 10.9 Å². The third kappa shape index (κ3) is 2.54. The van der Waals surface area contributed by atoms with E-state index in [0.717, 1.165) is 16.7 Å². The number of hydrogen-bond acceptors (Lipinski definition) is 4. The van der Waals surface area contributed by atoms with Crippen LogP contribution in [0.1, 0.15) is 6.92 Å².